The molecule has 17 aromatic rings. The van der Waals surface area contributed by atoms with Crippen molar-refractivity contribution in [3.8, 4) is 63.2 Å². The summed E-state index contributed by atoms with van der Waals surface area (Å²) in [5.41, 5.74) is 24.4. The standard InChI is InChI=1S/C79H41BN8/c1-44-35-59-77-73-57(37-67-75(77)55-13-5-9-17-65(55)85(67)49-27-19-45(41-81)20-28-49)71-53-11-3-7-15-63(53)87(50-29-21-46(42-82)22-30-50)69(71)39-61(73)80-62-40-70-72(54-12-4-8-16-64(54)88(70)51-31-23-47(43-83)24-32-51)58-38-68-76(78(74(58)62)60(36-44)79(59)80)56-14-6-10-18-66(56)86(68)52-33-25-48(84-2)26-34-52/h3-40H,1H3. The largest absolute Gasteiger partial charge is 0.309 e. The Balaban J connectivity index is 1.07. The predicted molar refractivity (Wildman–Crippen MR) is 359 cm³/mol. The van der Waals surface area contributed by atoms with Gasteiger partial charge in [-0.1, -0.05) is 113 Å². The predicted octanol–water partition coefficient (Wildman–Crippen LogP) is 17.3. The lowest BCUT2D eigenvalue weighted by molar-refractivity contribution is 1.18. The van der Waals surface area contributed by atoms with Gasteiger partial charge in [0.25, 0.3) is 0 Å². The van der Waals surface area contributed by atoms with Gasteiger partial charge in [-0.05, 0) is 190 Å². The van der Waals surface area contributed by atoms with Crippen molar-refractivity contribution in [3.05, 3.63) is 264 Å². The average Bonchev–Trinajstić information content (AvgIpc) is 1.22. The molecule has 8 nitrogen and oxygen atoms in total. The molecule has 0 spiro atoms. The molecule has 2 aliphatic rings. The Morgan fingerprint density at radius 3 is 1.00 bits per heavy atom. The highest BCUT2D eigenvalue weighted by Crippen LogP contribution is 2.53. The normalized spacial score (nSPS) is 12.3. The minimum Gasteiger partial charge on any atom is -0.309 e. The zero-order valence-corrected chi connectivity index (χ0v) is 47.1. The third-order valence-electron chi connectivity index (χ3n) is 19.2. The van der Waals surface area contributed by atoms with Crippen LogP contribution in [-0.2, 0) is 0 Å². The lowest BCUT2D eigenvalue weighted by Crippen LogP contribution is -2.57. The first-order chi connectivity index (χ1) is 43.4. The van der Waals surface area contributed by atoms with Crippen molar-refractivity contribution in [2.45, 2.75) is 6.92 Å². The quantitative estimate of drug-likeness (QED) is 0.130. The van der Waals surface area contributed by atoms with Crippen LogP contribution in [0.2, 0.25) is 0 Å². The van der Waals surface area contributed by atoms with Gasteiger partial charge in [0.1, 0.15) is 0 Å². The zero-order valence-electron chi connectivity index (χ0n) is 47.1. The Kier molecular flexibility index (Phi) is 9.47. The highest BCUT2D eigenvalue weighted by atomic mass is 15.0. The van der Waals surface area contributed by atoms with Crippen molar-refractivity contribution in [1.29, 1.82) is 15.8 Å². The summed E-state index contributed by atoms with van der Waals surface area (Å²) in [7, 11) is 0. The number of hydrogen-bond donors (Lipinski definition) is 0. The van der Waals surface area contributed by atoms with E-state index >= 15 is 0 Å². The van der Waals surface area contributed by atoms with Gasteiger partial charge in [-0.3, -0.25) is 0 Å². The fourth-order valence-corrected chi connectivity index (χ4v) is 15.9. The summed E-state index contributed by atoms with van der Waals surface area (Å²) in [5.74, 6) is 0. The Hall–Kier alpha value is -12.4. The van der Waals surface area contributed by atoms with E-state index in [-0.39, 0.29) is 6.71 Å². The van der Waals surface area contributed by atoms with Crippen LogP contribution < -0.4 is 16.4 Å². The second-order valence-electron chi connectivity index (χ2n) is 23.6. The van der Waals surface area contributed by atoms with Crippen LogP contribution in [0.4, 0.5) is 5.69 Å². The lowest BCUT2D eigenvalue weighted by atomic mass is 9.30. The maximum absolute atomic E-state index is 10.1. The molecule has 6 heterocycles. The van der Waals surface area contributed by atoms with Gasteiger partial charge < -0.3 is 18.3 Å². The van der Waals surface area contributed by atoms with Crippen LogP contribution >= 0.6 is 0 Å². The number of fused-ring (bicyclic) bond motifs is 20. The number of aromatic nitrogens is 4. The molecule has 2 aliphatic heterocycles. The number of nitrogens with zero attached hydrogens (tertiary/aromatic N) is 8. The van der Waals surface area contributed by atoms with Gasteiger partial charge in [0, 0.05) is 65.8 Å². The molecule has 0 atom stereocenters. The highest BCUT2D eigenvalue weighted by Gasteiger charge is 2.43. The molecule has 0 aliphatic carbocycles. The van der Waals surface area contributed by atoms with Crippen LogP contribution in [0.1, 0.15) is 22.3 Å². The van der Waals surface area contributed by atoms with Crippen molar-refractivity contribution in [3.63, 3.8) is 0 Å². The molecule has 19 rings (SSSR count). The molecule has 4 aromatic heterocycles. The molecule has 0 bridgehead atoms. The van der Waals surface area contributed by atoms with E-state index in [4.69, 9.17) is 6.57 Å². The Morgan fingerprint density at radius 2 is 0.659 bits per heavy atom. The molecule has 400 valence electrons. The number of nitriles is 3. The molecule has 0 saturated heterocycles. The zero-order chi connectivity index (χ0) is 58.4. The summed E-state index contributed by atoms with van der Waals surface area (Å²) in [4.78, 5) is 3.81. The molecule has 88 heavy (non-hydrogen) atoms. The fourth-order valence-electron chi connectivity index (χ4n) is 15.9. The second kappa shape index (κ2) is 17.4. The summed E-state index contributed by atoms with van der Waals surface area (Å²) in [6.45, 7) is 9.90. The number of rotatable bonds is 4. The van der Waals surface area contributed by atoms with Crippen LogP contribution in [0.15, 0.2) is 231 Å². The second-order valence-corrected chi connectivity index (χ2v) is 23.6. The SMILES string of the molecule is [C-]#[N+]c1ccc(-n2c3ccccc3c3c4c5c(cc6c(c5cc32)c2ccccc2n6-c2ccc(C#N)cc2)B2c3c(cc(C)cc3-4)-c3c4c2cc2c(c4cc4c3c3ccccc3n4-c3ccc(C#N)cc3)c3ccccc3n2-c2ccc(C#N)cc2)cc1. The van der Waals surface area contributed by atoms with Crippen LogP contribution in [0.3, 0.4) is 0 Å². The van der Waals surface area contributed by atoms with Crippen LogP contribution in [0.25, 0.3) is 159 Å². The number of aryl methyl sites for hydroxylation is 1. The number of hydrogen-bond acceptors (Lipinski definition) is 3. The first-order valence-corrected chi connectivity index (χ1v) is 29.5. The van der Waals surface area contributed by atoms with E-state index in [1.807, 2.05) is 48.5 Å². The molecule has 0 saturated carbocycles. The minimum atomic E-state index is -0.277. The van der Waals surface area contributed by atoms with Gasteiger partial charge >= 0.3 is 0 Å². The molecular weight excluding hydrogens is 1070 g/mol. The first kappa shape index (κ1) is 48.0. The van der Waals surface area contributed by atoms with Gasteiger partial charge in [-0.15, -0.1) is 0 Å². The summed E-state index contributed by atoms with van der Waals surface area (Å²) in [6, 6.07) is 89.0. The summed E-state index contributed by atoms with van der Waals surface area (Å²) in [5, 5.41) is 44.1. The number of para-hydroxylation sites is 4. The van der Waals surface area contributed by atoms with Crippen LogP contribution in [0, 0.1) is 47.5 Å². The molecular formula is C79H41BN8. The molecule has 0 fully saturated rings. The molecule has 0 unspecified atom stereocenters. The Bertz CT molecular complexity index is 5880. The van der Waals surface area contributed by atoms with Gasteiger partial charge in [-0.25, -0.2) is 4.85 Å². The topological polar surface area (TPSA) is 95.4 Å². The van der Waals surface area contributed by atoms with Crippen LogP contribution in [0.5, 0.6) is 0 Å². The van der Waals surface area contributed by atoms with Crippen molar-refractivity contribution in [1.82, 2.24) is 18.3 Å². The summed E-state index contributed by atoms with van der Waals surface area (Å²) >= 11 is 0. The van der Waals surface area contributed by atoms with E-state index in [0.717, 1.165) is 116 Å². The van der Waals surface area contributed by atoms with Gasteiger partial charge in [0.2, 0.25) is 6.71 Å². The third kappa shape index (κ3) is 6.13. The van der Waals surface area contributed by atoms with Crippen molar-refractivity contribution in [2.24, 2.45) is 0 Å². The number of benzene rings is 13. The lowest BCUT2D eigenvalue weighted by Gasteiger charge is -2.36. The van der Waals surface area contributed by atoms with E-state index in [1.54, 1.807) is 0 Å². The van der Waals surface area contributed by atoms with Gasteiger partial charge in [0.15, 0.2) is 5.69 Å². The maximum Gasteiger partial charge on any atom is 0.244 e. The van der Waals surface area contributed by atoms with E-state index in [0.29, 0.717) is 22.4 Å². The van der Waals surface area contributed by atoms with E-state index in [1.165, 1.54) is 60.2 Å². The third-order valence-corrected chi connectivity index (χ3v) is 19.2. The van der Waals surface area contributed by atoms with Crippen LogP contribution in [-0.4, -0.2) is 25.0 Å². The molecule has 13 aromatic carbocycles. The molecule has 0 N–H and O–H groups in total. The summed E-state index contributed by atoms with van der Waals surface area (Å²) < 4.78 is 9.59. The van der Waals surface area contributed by atoms with Crippen molar-refractivity contribution < 1.29 is 0 Å². The average molecular weight is 1110 g/mol. The summed E-state index contributed by atoms with van der Waals surface area (Å²) in [6.07, 6.45) is 0. The highest BCUT2D eigenvalue weighted by molar-refractivity contribution is 7.02. The van der Waals surface area contributed by atoms with Gasteiger partial charge in [-0.2, -0.15) is 15.8 Å². The smallest absolute Gasteiger partial charge is 0.244 e. The van der Waals surface area contributed by atoms with Crippen molar-refractivity contribution in [2.75, 3.05) is 0 Å². The maximum atomic E-state index is 10.1. The van der Waals surface area contributed by atoms with Crippen molar-refractivity contribution >= 4 is 138 Å². The Labute approximate surface area is 503 Å². The van der Waals surface area contributed by atoms with E-state index in [2.05, 4.69) is 230 Å². The fraction of sp³-hybridized carbons (Fsp3) is 0.0127. The monoisotopic (exact) mass is 1110 g/mol. The van der Waals surface area contributed by atoms with E-state index in [9.17, 15) is 15.8 Å². The molecule has 9 heteroatoms. The first-order valence-electron chi connectivity index (χ1n) is 29.5. The Morgan fingerprint density at radius 1 is 0.341 bits per heavy atom. The minimum absolute atomic E-state index is 0.277. The van der Waals surface area contributed by atoms with Gasteiger partial charge in [0.05, 0.1) is 85.6 Å². The molecule has 0 radical (unpaired) electrons. The van der Waals surface area contributed by atoms with E-state index < -0.39 is 0 Å². The molecule has 0 amide bonds.